The zero-order valence-electron chi connectivity index (χ0n) is 13.6. The molecule has 0 bridgehead atoms. The monoisotopic (exact) mass is 351 g/mol. The second-order valence-electron chi connectivity index (χ2n) is 5.56. The Morgan fingerprint density at radius 2 is 1.96 bits per heavy atom. The minimum atomic E-state index is 0.672. The molecule has 0 fully saturated rings. The number of aryl methyl sites for hydroxylation is 2. The molecule has 0 N–H and O–H groups in total. The average molecular weight is 352 g/mol. The molecule has 0 aliphatic heterocycles. The maximum Gasteiger partial charge on any atom is 0.115 e. The van der Waals surface area contributed by atoms with E-state index in [0.29, 0.717) is 5.56 Å². The van der Waals surface area contributed by atoms with Crippen LogP contribution in [0.2, 0.25) is 0 Å². The second-order valence-corrected chi connectivity index (χ2v) is 7.46. The van der Waals surface area contributed by atoms with Crippen molar-refractivity contribution in [2.45, 2.75) is 31.0 Å². The van der Waals surface area contributed by atoms with Crippen LogP contribution in [0.25, 0.3) is 0 Å². The first-order chi connectivity index (χ1) is 11.7. The molecule has 1 aromatic carbocycles. The number of hydrogen-bond acceptors (Lipinski definition) is 5. The van der Waals surface area contributed by atoms with Crippen LogP contribution in [0.5, 0.6) is 0 Å². The van der Waals surface area contributed by atoms with Crippen LogP contribution in [0, 0.1) is 25.2 Å². The van der Waals surface area contributed by atoms with Gasteiger partial charge in [-0.05, 0) is 31.0 Å². The van der Waals surface area contributed by atoms with Crippen LogP contribution >= 0.6 is 23.1 Å². The lowest BCUT2D eigenvalue weighted by molar-refractivity contribution is 1.02. The van der Waals surface area contributed by atoms with Crippen molar-refractivity contribution in [3.05, 3.63) is 74.9 Å². The highest BCUT2D eigenvalue weighted by Crippen LogP contribution is 2.27. The Hall–Kier alpha value is -2.16. The molecular weight excluding hydrogens is 334 g/mol. The van der Waals surface area contributed by atoms with Crippen molar-refractivity contribution in [2.24, 2.45) is 0 Å². The Balaban J connectivity index is 1.69. The van der Waals surface area contributed by atoms with E-state index in [-0.39, 0.29) is 0 Å². The van der Waals surface area contributed by atoms with E-state index in [0.717, 1.165) is 39.2 Å². The van der Waals surface area contributed by atoms with Crippen LogP contribution in [-0.4, -0.2) is 9.97 Å². The highest BCUT2D eigenvalue weighted by atomic mass is 32.2. The Kier molecular flexibility index (Phi) is 5.29. The summed E-state index contributed by atoms with van der Waals surface area (Å²) in [7, 11) is 0. The van der Waals surface area contributed by atoms with Gasteiger partial charge in [0.25, 0.3) is 0 Å². The molecule has 3 aromatic rings. The molecule has 3 nitrogen and oxygen atoms in total. The quantitative estimate of drug-likeness (QED) is 0.613. The smallest absolute Gasteiger partial charge is 0.115 e. The zero-order valence-corrected chi connectivity index (χ0v) is 15.2. The standard InChI is InChI=1S/C19H17N3S2/c1-13-8-14(2)21-19(17(13)10-20)24-12-16-11-23-18(22-16)9-15-6-4-3-5-7-15/h3-8,11H,9,12H2,1-2H3. The van der Waals surface area contributed by atoms with Gasteiger partial charge in [-0.15, -0.1) is 11.3 Å². The molecule has 0 saturated carbocycles. The summed E-state index contributed by atoms with van der Waals surface area (Å²) in [6, 6.07) is 14.6. The molecular formula is C19H17N3S2. The van der Waals surface area contributed by atoms with Gasteiger partial charge in [-0.2, -0.15) is 5.26 Å². The van der Waals surface area contributed by atoms with Crippen molar-refractivity contribution in [2.75, 3.05) is 0 Å². The lowest BCUT2D eigenvalue weighted by Gasteiger charge is -2.06. The van der Waals surface area contributed by atoms with Crippen molar-refractivity contribution in [1.82, 2.24) is 9.97 Å². The number of hydrogen-bond donors (Lipinski definition) is 0. The summed E-state index contributed by atoms with van der Waals surface area (Å²) < 4.78 is 0. The van der Waals surface area contributed by atoms with Crippen LogP contribution in [0.4, 0.5) is 0 Å². The summed E-state index contributed by atoms with van der Waals surface area (Å²) in [5.74, 6) is 0.732. The molecule has 3 rings (SSSR count). The molecule has 0 unspecified atom stereocenters. The number of aromatic nitrogens is 2. The number of nitriles is 1. The fourth-order valence-electron chi connectivity index (χ4n) is 2.45. The average Bonchev–Trinajstić information content (AvgIpc) is 3.01. The molecule has 2 aromatic heterocycles. The van der Waals surface area contributed by atoms with Gasteiger partial charge in [-0.1, -0.05) is 42.1 Å². The predicted octanol–water partition coefficient (Wildman–Crippen LogP) is 4.91. The Morgan fingerprint density at radius 1 is 1.17 bits per heavy atom. The summed E-state index contributed by atoms with van der Waals surface area (Å²) in [6.45, 7) is 3.91. The van der Waals surface area contributed by atoms with Gasteiger partial charge in [0.05, 0.1) is 16.3 Å². The maximum atomic E-state index is 9.34. The Labute approximate surface area is 150 Å². The number of benzene rings is 1. The zero-order chi connectivity index (χ0) is 16.9. The van der Waals surface area contributed by atoms with Crippen molar-refractivity contribution < 1.29 is 0 Å². The molecule has 5 heteroatoms. The minimum absolute atomic E-state index is 0.672. The van der Waals surface area contributed by atoms with Gasteiger partial charge in [0.15, 0.2) is 0 Å². The number of nitrogens with zero attached hydrogens (tertiary/aromatic N) is 3. The number of thioether (sulfide) groups is 1. The molecule has 2 heterocycles. The molecule has 24 heavy (non-hydrogen) atoms. The molecule has 0 spiro atoms. The third-order valence-electron chi connectivity index (χ3n) is 3.58. The largest absolute Gasteiger partial charge is 0.245 e. The first-order valence-corrected chi connectivity index (χ1v) is 9.50. The number of thiazole rings is 1. The highest BCUT2D eigenvalue weighted by Gasteiger charge is 2.11. The van der Waals surface area contributed by atoms with E-state index in [1.54, 1.807) is 23.1 Å². The Morgan fingerprint density at radius 3 is 2.71 bits per heavy atom. The fraction of sp³-hybridized carbons (Fsp3) is 0.211. The van der Waals surface area contributed by atoms with Crippen molar-refractivity contribution in [3.8, 4) is 6.07 Å². The fourth-order valence-corrected chi connectivity index (χ4v) is 4.38. The van der Waals surface area contributed by atoms with Crippen molar-refractivity contribution >= 4 is 23.1 Å². The maximum absolute atomic E-state index is 9.34. The lowest BCUT2D eigenvalue weighted by Crippen LogP contribution is -1.95. The van der Waals surface area contributed by atoms with Gasteiger partial charge in [0.1, 0.15) is 11.1 Å². The first-order valence-electron chi connectivity index (χ1n) is 7.64. The van der Waals surface area contributed by atoms with E-state index < -0.39 is 0 Å². The number of rotatable bonds is 5. The van der Waals surface area contributed by atoms with Gasteiger partial charge in [-0.25, -0.2) is 9.97 Å². The second kappa shape index (κ2) is 7.61. The molecule has 0 aliphatic carbocycles. The third kappa shape index (κ3) is 4.02. The summed E-state index contributed by atoms with van der Waals surface area (Å²) in [5.41, 5.74) is 4.91. The normalized spacial score (nSPS) is 10.5. The van der Waals surface area contributed by atoms with Gasteiger partial charge in [0, 0.05) is 23.2 Å². The van der Waals surface area contributed by atoms with E-state index in [1.165, 1.54) is 5.56 Å². The molecule has 120 valence electrons. The van der Waals surface area contributed by atoms with Crippen molar-refractivity contribution in [1.29, 1.82) is 5.26 Å². The van der Waals surface area contributed by atoms with Crippen molar-refractivity contribution in [3.63, 3.8) is 0 Å². The third-order valence-corrected chi connectivity index (χ3v) is 5.48. The lowest BCUT2D eigenvalue weighted by atomic mass is 10.1. The van der Waals surface area contributed by atoms with Crippen LogP contribution in [0.15, 0.2) is 46.8 Å². The van der Waals surface area contributed by atoms with E-state index in [1.807, 2.05) is 26.0 Å². The summed E-state index contributed by atoms with van der Waals surface area (Å²) in [5, 5.41) is 13.4. The van der Waals surface area contributed by atoms with Gasteiger partial charge in [0.2, 0.25) is 0 Å². The minimum Gasteiger partial charge on any atom is -0.245 e. The van der Waals surface area contributed by atoms with Gasteiger partial charge in [-0.3, -0.25) is 0 Å². The van der Waals surface area contributed by atoms with Gasteiger partial charge < -0.3 is 0 Å². The van der Waals surface area contributed by atoms with E-state index >= 15 is 0 Å². The summed E-state index contributed by atoms with van der Waals surface area (Å²) in [4.78, 5) is 9.22. The Bertz CT molecular complexity index is 879. The van der Waals surface area contributed by atoms with E-state index in [4.69, 9.17) is 4.98 Å². The molecule has 0 atom stereocenters. The summed E-state index contributed by atoms with van der Waals surface area (Å²) in [6.07, 6.45) is 0.863. The van der Waals surface area contributed by atoms with E-state index in [9.17, 15) is 5.26 Å². The SMILES string of the molecule is Cc1cc(C)c(C#N)c(SCc2csc(Cc3ccccc3)n2)n1. The highest BCUT2D eigenvalue weighted by molar-refractivity contribution is 7.98. The first kappa shape index (κ1) is 16.7. The number of pyridine rings is 1. The van der Waals surface area contributed by atoms with Crippen LogP contribution < -0.4 is 0 Å². The molecule has 0 amide bonds. The molecule has 0 saturated heterocycles. The van der Waals surface area contributed by atoms with Crippen LogP contribution in [0.1, 0.15) is 33.1 Å². The van der Waals surface area contributed by atoms with Crippen LogP contribution in [0.3, 0.4) is 0 Å². The van der Waals surface area contributed by atoms with Gasteiger partial charge >= 0.3 is 0 Å². The van der Waals surface area contributed by atoms with E-state index in [2.05, 4.69) is 40.7 Å². The van der Waals surface area contributed by atoms with Crippen LogP contribution in [-0.2, 0) is 12.2 Å². The summed E-state index contributed by atoms with van der Waals surface area (Å²) >= 11 is 3.27. The topological polar surface area (TPSA) is 49.6 Å². The molecule has 0 aliphatic rings. The molecule has 0 radical (unpaired) electrons. The predicted molar refractivity (Wildman–Crippen MR) is 99.3 cm³/mol.